The fourth-order valence-corrected chi connectivity index (χ4v) is 1.95. The first kappa shape index (κ1) is 14.2. The van der Waals surface area contributed by atoms with Crippen molar-refractivity contribution in [2.75, 3.05) is 17.7 Å². The SMILES string of the molecule is COc1ccc(Cl)cc1Nc1ccc(NC(C)=O)cc1. The number of carbonyl (C=O) groups is 1. The number of ether oxygens (including phenoxy) is 1. The minimum Gasteiger partial charge on any atom is -0.495 e. The molecule has 0 saturated heterocycles. The van der Waals surface area contributed by atoms with Crippen LogP contribution < -0.4 is 15.4 Å². The lowest BCUT2D eigenvalue weighted by atomic mass is 10.2. The zero-order chi connectivity index (χ0) is 14.5. The summed E-state index contributed by atoms with van der Waals surface area (Å²) in [5.74, 6) is 0.613. The summed E-state index contributed by atoms with van der Waals surface area (Å²) in [5.41, 5.74) is 2.41. The van der Waals surface area contributed by atoms with Crippen molar-refractivity contribution in [3.05, 3.63) is 47.5 Å². The van der Waals surface area contributed by atoms with Gasteiger partial charge in [0.2, 0.25) is 5.91 Å². The molecule has 0 bridgehead atoms. The van der Waals surface area contributed by atoms with Gasteiger partial charge < -0.3 is 15.4 Å². The van der Waals surface area contributed by atoms with Crippen LogP contribution in [0.15, 0.2) is 42.5 Å². The largest absolute Gasteiger partial charge is 0.495 e. The second-order valence-electron chi connectivity index (χ2n) is 4.23. The molecule has 0 spiro atoms. The number of anilines is 3. The lowest BCUT2D eigenvalue weighted by Crippen LogP contribution is -2.05. The Labute approximate surface area is 122 Å². The molecule has 4 nitrogen and oxygen atoms in total. The van der Waals surface area contributed by atoms with E-state index in [0.29, 0.717) is 10.8 Å². The lowest BCUT2D eigenvalue weighted by molar-refractivity contribution is -0.114. The second kappa shape index (κ2) is 6.30. The first-order valence-electron chi connectivity index (χ1n) is 6.06. The Morgan fingerprint density at radius 1 is 1.10 bits per heavy atom. The lowest BCUT2D eigenvalue weighted by Gasteiger charge is -2.12. The molecule has 0 saturated carbocycles. The van der Waals surface area contributed by atoms with Crippen LogP contribution in [0.5, 0.6) is 5.75 Å². The number of rotatable bonds is 4. The van der Waals surface area contributed by atoms with E-state index in [-0.39, 0.29) is 5.91 Å². The van der Waals surface area contributed by atoms with Gasteiger partial charge in [-0.3, -0.25) is 4.79 Å². The summed E-state index contributed by atoms with van der Waals surface area (Å²) in [6, 6.07) is 12.7. The number of methoxy groups -OCH3 is 1. The van der Waals surface area contributed by atoms with Crippen molar-refractivity contribution in [1.82, 2.24) is 0 Å². The Morgan fingerprint density at radius 2 is 1.75 bits per heavy atom. The van der Waals surface area contributed by atoms with E-state index in [1.54, 1.807) is 25.3 Å². The predicted octanol–water partition coefficient (Wildman–Crippen LogP) is 4.05. The van der Waals surface area contributed by atoms with Crippen molar-refractivity contribution in [1.29, 1.82) is 0 Å². The Bertz CT molecular complexity index is 612. The highest BCUT2D eigenvalue weighted by atomic mass is 35.5. The molecule has 0 unspecified atom stereocenters. The van der Waals surface area contributed by atoms with Crippen molar-refractivity contribution in [2.24, 2.45) is 0 Å². The van der Waals surface area contributed by atoms with Crippen LogP contribution in [0.3, 0.4) is 0 Å². The van der Waals surface area contributed by atoms with E-state index in [4.69, 9.17) is 16.3 Å². The van der Waals surface area contributed by atoms with Crippen LogP contribution in [0.25, 0.3) is 0 Å². The minimum absolute atomic E-state index is 0.0952. The maximum absolute atomic E-state index is 11.0. The molecule has 0 atom stereocenters. The molecule has 0 aliphatic rings. The van der Waals surface area contributed by atoms with Gasteiger partial charge in [0.15, 0.2) is 0 Å². The third kappa shape index (κ3) is 3.65. The molecule has 0 aromatic heterocycles. The minimum atomic E-state index is -0.0952. The Hall–Kier alpha value is -2.20. The molecule has 104 valence electrons. The first-order chi connectivity index (χ1) is 9.58. The number of benzene rings is 2. The van der Waals surface area contributed by atoms with Gasteiger partial charge in [-0.1, -0.05) is 11.6 Å². The Morgan fingerprint density at radius 3 is 2.35 bits per heavy atom. The quantitative estimate of drug-likeness (QED) is 0.893. The van der Waals surface area contributed by atoms with E-state index in [1.807, 2.05) is 24.3 Å². The predicted molar refractivity (Wildman–Crippen MR) is 82.0 cm³/mol. The molecular formula is C15H15ClN2O2. The fraction of sp³-hybridized carbons (Fsp3) is 0.133. The number of nitrogens with one attached hydrogen (secondary N) is 2. The highest BCUT2D eigenvalue weighted by molar-refractivity contribution is 6.31. The van der Waals surface area contributed by atoms with Crippen molar-refractivity contribution < 1.29 is 9.53 Å². The van der Waals surface area contributed by atoms with Crippen LogP contribution in [0, 0.1) is 0 Å². The number of carbonyl (C=O) groups excluding carboxylic acids is 1. The number of amides is 1. The van der Waals surface area contributed by atoms with E-state index < -0.39 is 0 Å². The average Bonchev–Trinajstić information content (AvgIpc) is 2.41. The number of halogens is 1. The van der Waals surface area contributed by atoms with E-state index >= 15 is 0 Å². The third-order valence-electron chi connectivity index (χ3n) is 2.65. The standard InChI is InChI=1S/C15H15ClN2O2/c1-10(19)17-12-4-6-13(7-5-12)18-14-9-11(16)3-8-15(14)20-2/h3-9,18H,1-2H3,(H,17,19). The zero-order valence-corrected chi connectivity index (χ0v) is 12.0. The summed E-state index contributed by atoms with van der Waals surface area (Å²) in [4.78, 5) is 11.0. The van der Waals surface area contributed by atoms with Gasteiger partial charge in [0.1, 0.15) is 5.75 Å². The molecule has 0 heterocycles. The maximum Gasteiger partial charge on any atom is 0.221 e. The molecule has 0 aliphatic carbocycles. The Balaban J connectivity index is 2.17. The van der Waals surface area contributed by atoms with Crippen molar-refractivity contribution >= 4 is 34.6 Å². The first-order valence-corrected chi connectivity index (χ1v) is 6.44. The second-order valence-corrected chi connectivity index (χ2v) is 4.66. The van der Waals surface area contributed by atoms with Gasteiger partial charge >= 0.3 is 0 Å². The summed E-state index contributed by atoms with van der Waals surface area (Å²) >= 11 is 5.98. The molecule has 2 rings (SSSR count). The monoisotopic (exact) mass is 290 g/mol. The van der Waals surface area contributed by atoms with Gasteiger partial charge in [-0.2, -0.15) is 0 Å². The molecule has 0 fully saturated rings. The molecule has 0 radical (unpaired) electrons. The van der Waals surface area contributed by atoms with Crippen LogP contribution in [0.2, 0.25) is 5.02 Å². The van der Waals surface area contributed by atoms with Crippen LogP contribution in [-0.4, -0.2) is 13.0 Å². The van der Waals surface area contributed by atoms with Gasteiger partial charge in [0.05, 0.1) is 12.8 Å². The molecule has 2 aromatic rings. The van der Waals surface area contributed by atoms with Crippen molar-refractivity contribution in [2.45, 2.75) is 6.92 Å². The van der Waals surface area contributed by atoms with Crippen molar-refractivity contribution in [3.63, 3.8) is 0 Å². The van der Waals surface area contributed by atoms with Gasteiger partial charge in [0, 0.05) is 23.3 Å². The summed E-state index contributed by atoms with van der Waals surface area (Å²) in [5, 5.41) is 6.57. The van der Waals surface area contributed by atoms with Crippen LogP contribution in [0.4, 0.5) is 17.1 Å². The average molecular weight is 291 g/mol. The van der Waals surface area contributed by atoms with Gasteiger partial charge in [-0.05, 0) is 42.5 Å². The molecular weight excluding hydrogens is 276 g/mol. The Kier molecular flexibility index (Phi) is 4.48. The summed E-state index contributed by atoms with van der Waals surface area (Å²) in [6.45, 7) is 1.48. The van der Waals surface area contributed by atoms with Crippen LogP contribution >= 0.6 is 11.6 Å². The normalized spacial score (nSPS) is 9.95. The molecule has 2 N–H and O–H groups in total. The van der Waals surface area contributed by atoms with Crippen LogP contribution in [-0.2, 0) is 4.79 Å². The molecule has 1 amide bonds. The molecule has 2 aromatic carbocycles. The van der Waals surface area contributed by atoms with E-state index in [2.05, 4.69) is 10.6 Å². The zero-order valence-electron chi connectivity index (χ0n) is 11.2. The van der Waals surface area contributed by atoms with Crippen LogP contribution in [0.1, 0.15) is 6.92 Å². The van der Waals surface area contributed by atoms with E-state index in [0.717, 1.165) is 17.1 Å². The third-order valence-corrected chi connectivity index (χ3v) is 2.88. The number of hydrogen-bond donors (Lipinski definition) is 2. The summed E-state index contributed by atoms with van der Waals surface area (Å²) in [7, 11) is 1.61. The van der Waals surface area contributed by atoms with Gasteiger partial charge in [-0.15, -0.1) is 0 Å². The molecule has 20 heavy (non-hydrogen) atoms. The van der Waals surface area contributed by atoms with Crippen molar-refractivity contribution in [3.8, 4) is 5.75 Å². The number of hydrogen-bond acceptors (Lipinski definition) is 3. The summed E-state index contributed by atoms with van der Waals surface area (Å²) < 4.78 is 5.27. The fourth-order valence-electron chi connectivity index (χ4n) is 1.77. The van der Waals surface area contributed by atoms with Gasteiger partial charge in [0.25, 0.3) is 0 Å². The smallest absolute Gasteiger partial charge is 0.221 e. The van der Waals surface area contributed by atoms with E-state index in [1.165, 1.54) is 6.92 Å². The maximum atomic E-state index is 11.0. The summed E-state index contributed by atoms with van der Waals surface area (Å²) in [6.07, 6.45) is 0. The van der Waals surface area contributed by atoms with E-state index in [9.17, 15) is 4.79 Å². The van der Waals surface area contributed by atoms with Gasteiger partial charge in [-0.25, -0.2) is 0 Å². The molecule has 5 heteroatoms. The highest BCUT2D eigenvalue weighted by Gasteiger charge is 2.04. The topological polar surface area (TPSA) is 50.4 Å². The molecule has 0 aliphatic heterocycles. The highest BCUT2D eigenvalue weighted by Crippen LogP contribution is 2.30.